The van der Waals surface area contributed by atoms with E-state index in [1.165, 1.54) is 28.8 Å². The van der Waals surface area contributed by atoms with Gasteiger partial charge in [-0.3, -0.25) is 9.69 Å². The van der Waals surface area contributed by atoms with Gasteiger partial charge in [0.1, 0.15) is 12.4 Å². The van der Waals surface area contributed by atoms with Crippen LogP contribution in [0.3, 0.4) is 0 Å². The standard InChI is InChI=1S/C25H18Cl2N2O4S/c1-29-23(30)22(34-25(29)28-18-7-5-17(6-8-18)24(31)32)13-15-2-9-19(10-3-15)33-14-16-4-11-20(26)21(27)12-16/h2-13H,14H2,1H3,(H,31,32)/b22-13-,28-25?. The zero-order chi connectivity index (χ0) is 24.2. The van der Waals surface area contributed by atoms with Gasteiger partial charge in [-0.25, -0.2) is 9.79 Å². The van der Waals surface area contributed by atoms with Crippen molar-refractivity contribution in [2.75, 3.05) is 7.05 Å². The molecule has 1 fully saturated rings. The molecule has 0 unspecified atom stereocenters. The van der Waals surface area contributed by atoms with Gasteiger partial charge in [-0.2, -0.15) is 0 Å². The number of hydrogen-bond donors (Lipinski definition) is 1. The van der Waals surface area contributed by atoms with E-state index in [4.69, 9.17) is 33.0 Å². The lowest BCUT2D eigenvalue weighted by molar-refractivity contribution is -0.121. The van der Waals surface area contributed by atoms with E-state index < -0.39 is 5.97 Å². The maximum Gasteiger partial charge on any atom is 0.335 e. The Balaban J connectivity index is 1.43. The number of amidine groups is 1. The van der Waals surface area contributed by atoms with Gasteiger partial charge in [0.05, 0.1) is 26.2 Å². The Morgan fingerprint density at radius 2 is 1.76 bits per heavy atom. The maximum atomic E-state index is 12.7. The number of likely N-dealkylation sites (N-methyl/N-ethyl adjacent to an activating group) is 1. The molecule has 6 nitrogen and oxygen atoms in total. The average molecular weight is 513 g/mol. The Bertz CT molecular complexity index is 1310. The van der Waals surface area contributed by atoms with Crippen molar-refractivity contribution in [2.45, 2.75) is 6.61 Å². The average Bonchev–Trinajstić information content (AvgIpc) is 3.08. The molecule has 0 aliphatic carbocycles. The lowest BCUT2D eigenvalue weighted by atomic mass is 10.2. The molecular formula is C25H18Cl2N2O4S. The summed E-state index contributed by atoms with van der Waals surface area (Å²) in [6.07, 6.45) is 1.79. The molecule has 1 amide bonds. The fourth-order valence-electron chi connectivity index (χ4n) is 3.05. The molecule has 0 saturated carbocycles. The number of halogens is 2. The van der Waals surface area contributed by atoms with Gasteiger partial charge in [-0.05, 0) is 77.5 Å². The molecule has 0 radical (unpaired) electrons. The summed E-state index contributed by atoms with van der Waals surface area (Å²) in [7, 11) is 1.65. The lowest BCUT2D eigenvalue weighted by Crippen LogP contribution is -2.23. The van der Waals surface area contributed by atoms with Crippen LogP contribution in [0.15, 0.2) is 76.6 Å². The summed E-state index contributed by atoms with van der Waals surface area (Å²) in [4.78, 5) is 30.1. The number of aliphatic imine (C=N–C) groups is 1. The largest absolute Gasteiger partial charge is 0.489 e. The summed E-state index contributed by atoms with van der Waals surface area (Å²) in [5, 5.41) is 10.5. The fourth-order valence-corrected chi connectivity index (χ4v) is 4.36. The molecule has 1 aliphatic rings. The zero-order valence-corrected chi connectivity index (χ0v) is 20.2. The smallest absolute Gasteiger partial charge is 0.335 e. The van der Waals surface area contributed by atoms with Crippen molar-refractivity contribution < 1.29 is 19.4 Å². The first-order chi connectivity index (χ1) is 16.3. The topological polar surface area (TPSA) is 79.2 Å². The van der Waals surface area contributed by atoms with E-state index in [1.54, 1.807) is 37.4 Å². The van der Waals surface area contributed by atoms with Crippen LogP contribution in [0.5, 0.6) is 5.75 Å². The molecule has 1 aliphatic heterocycles. The Labute approximate surface area is 210 Å². The van der Waals surface area contributed by atoms with E-state index in [9.17, 15) is 9.59 Å². The Hall–Kier alpha value is -3.26. The number of carbonyl (C=O) groups excluding carboxylic acids is 1. The van der Waals surface area contributed by atoms with Gasteiger partial charge in [0.15, 0.2) is 5.17 Å². The third-order valence-electron chi connectivity index (χ3n) is 4.91. The van der Waals surface area contributed by atoms with Crippen LogP contribution in [0, 0.1) is 0 Å². The number of hydrogen-bond acceptors (Lipinski definition) is 5. The summed E-state index contributed by atoms with van der Waals surface area (Å²) in [5.74, 6) is -0.480. The molecule has 1 N–H and O–H groups in total. The molecule has 3 aromatic rings. The minimum Gasteiger partial charge on any atom is -0.489 e. The molecule has 0 spiro atoms. The molecular weight excluding hydrogens is 495 g/mol. The van der Waals surface area contributed by atoms with Crippen molar-refractivity contribution >= 4 is 63.8 Å². The second-order valence-electron chi connectivity index (χ2n) is 7.33. The number of nitrogens with zero attached hydrogens (tertiary/aromatic N) is 2. The highest BCUT2D eigenvalue weighted by molar-refractivity contribution is 8.18. The molecule has 0 bridgehead atoms. The number of aromatic carboxylic acids is 1. The van der Waals surface area contributed by atoms with Gasteiger partial charge >= 0.3 is 5.97 Å². The highest BCUT2D eigenvalue weighted by Gasteiger charge is 2.30. The Morgan fingerprint density at radius 1 is 1.06 bits per heavy atom. The first kappa shape index (κ1) is 23.9. The summed E-state index contributed by atoms with van der Waals surface area (Å²) < 4.78 is 5.80. The van der Waals surface area contributed by atoms with Crippen LogP contribution in [0.25, 0.3) is 6.08 Å². The lowest BCUT2D eigenvalue weighted by Gasteiger charge is -2.08. The van der Waals surface area contributed by atoms with E-state index in [0.29, 0.717) is 38.2 Å². The van der Waals surface area contributed by atoms with Crippen LogP contribution in [0.1, 0.15) is 21.5 Å². The number of carbonyl (C=O) groups is 2. The van der Waals surface area contributed by atoms with E-state index in [0.717, 1.165) is 11.1 Å². The van der Waals surface area contributed by atoms with Crippen LogP contribution in [-0.2, 0) is 11.4 Å². The van der Waals surface area contributed by atoms with Crippen LogP contribution < -0.4 is 4.74 Å². The normalized spacial score (nSPS) is 15.9. The van der Waals surface area contributed by atoms with Crippen molar-refractivity contribution in [2.24, 2.45) is 4.99 Å². The minimum absolute atomic E-state index is 0.161. The van der Waals surface area contributed by atoms with Crippen molar-refractivity contribution in [3.8, 4) is 5.75 Å². The summed E-state index contributed by atoms with van der Waals surface area (Å²) in [6.45, 7) is 0.351. The molecule has 9 heteroatoms. The molecule has 172 valence electrons. The Kier molecular flexibility index (Phi) is 7.26. The third kappa shape index (κ3) is 5.62. The van der Waals surface area contributed by atoms with Crippen LogP contribution in [-0.4, -0.2) is 34.1 Å². The predicted octanol–water partition coefficient (Wildman–Crippen LogP) is 6.50. The quantitative estimate of drug-likeness (QED) is 0.381. The van der Waals surface area contributed by atoms with Gasteiger partial charge in [-0.15, -0.1) is 0 Å². The molecule has 4 rings (SSSR count). The fraction of sp³-hybridized carbons (Fsp3) is 0.0800. The monoisotopic (exact) mass is 512 g/mol. The summed E-state index contributed by atoms with van der Waals surface area (Å²) in [6, 6.07) is 18.9. The minimum atomic E-state index is -1.00. The van der Waals surface area contributed by atoms with Gasteiger partial charge in [0, 0.05) is 7.05 Å². The maximum absolute atomic E-state index is 12.7. The van der Waals surface area contributed by atoms with Gasteiger partial charge in [-0.1, -0.05) is 41.4 Å². The van der Waals surface area contributed by atoms with Crippen LogP contribution in [0.2, 0.25) is 10.0 Å². The third-order valence-corrected chi connectivity index (χ3v) is 6.71. The number of carboxylic acids is 1. The molecule has 1 heterocycles. The number of ether oxygens (including phenoxy) is 1. The first-order valence-corrected chi connectivity index (χ1v) is 11.6. The van der Waals surface area contributed by atoms with E-state index >= 15 is 0 Å². The predicted molar refractivity (Wildman–Crippen MR) is 136 cm³/mol. The number of amides is 1. The Morgan fingerprint density at radius 3 is 2.41 bits per heavy atom. The number of thioether (sulfide) groups is 1. The SMILES string of the molecule is CN1C(=O)/C(=C/c2ccc(OCc3ccc(Cl)c(Cl)c3)cc2)SC1=Nc1ccc(C(=O)O)cc1. The van der Waals surface area contributed by atoms with Gasteiger partial charge in [0.2, 0.25) is 0 Å². The van der Waals surface area contributed by atoms with E-state index in [-0.39, 0.29) is 11.5 Å². The number of rotatable bonds is 6. The second-order valence-corrected chi connectivity index (χ2v) is 9.15. The van der Waals surface area contributed by atoms with Crippen LogP contribution >= 0.6 is 35.0 Å². The van der Waals surface area contributed by atoms with E-state index in [2.05, 4.69) is 4.99 Å². The van der Waals surface area contributed by atoms with Crippen molar-refractivity contribution in [3.05, 3.63) is 98.4 Å². The molecule has 3 aromatic carbocycles. The van der Waals surface area contributed by atoms with Crippen molar-refractivity contribution in [1.29, 1.82) is 0 Å². The van der Waals surface area contributed by atoms with Crippen molar-refractivity contribution in [3.63, 3.8) is 0 Å². The molecule has 0 atom stereocenters. The van der Waals surface area contributed by atoms with Gasteiger partial charge < -0.3 is 9.84 Å². The number of carboxylic acid groups (broad SMARTS) is 1. The highest BCUT2D eigenvalue weighted by Crippen LogP contribution is 2.33. The number of benzene rings is 3. The highest BCUT2D eigenvalue weighted by atomic mass is 35.5. The van der Waals surface area contributed by atoms with Gasteiger partial charge in [0.25, 0.3) is 5.91 Å². The first-order valence-electron chi connectivity index (χ1n) is 10.1. The van der Waals surface area contributed by atoms with Crippen molar-refractivity contribution in [1.82, 2.24) is 4.90 Å². The van der Waals surface area contributed by atoms with E-state index in [1.807, 2.05) is 30.3 Å². The summed E-state index contributed by atoms with van der Waals surface area (Å²) in [5.41, 5.74) is 2.49. The summed E-state index contributed by atoms with van der Waals surface area (Å²) >= 11 is 13.2. The molecule has 34 heavy (non-hydrogen) atoms. The zero-order valence-electron chi connectivity index (χ0n) is 17.9. The molecule has 0 aromatic heterocycles. The van der Waals surface area contributed by atoms with Crippen LogP contribution in [0.4, 0.5) is 5.69 Å². The molecule has 1 saturated heterocycles. The second kappa shape index (κ2) is 10.3.